The second-order valence-electron chi connectivity index (χ2n) is 5.42. The smallest absolute Gasteiger partial charge is 0.328 e. The van der Waals surface area contributed by atoms with Gasteiger partial charge >= 0.3 is 6.03 Å². The van der Waals surface area contributed by atoms with E-state index in [1.807, 2.05) is 0 Å². The van der Waals surface area contributed by atoms with Crippen LogP contribution in [0.15, 0.2) is 60.7 Å². The van der Waals surface area contributed by atoms with E-state index in [4.69, 9.17) is 4.89 Å². The van der Waals surface area contributed by atoms with Crippen LogP contribution in [-0.4, -0.2) is 28.0 Å². The summed E-state index contributed by atoms with van der Waals surface area (Å²) in [5.41, 5.74) is -0.541. The summed E-state index contributed by atoms with van der Waals surface area (Å²) in [7, 11) is -4.83. The molecule has 7 nitrogen and oxygen atoms in total. The first-order valence-corrected chi connectivity index (χ1v) is 8.89. The van der Waals surface area contributed by atoms with Crippen molar-refractivity contribution in [2.45, 2.75) is 5.54 Å². The third kappa shape index (κ3) is 2.79. The number of carbonyl (C=O) groups is 2. The molecule has 8 heteroatoms. The van der Waals surface area contributed by atoms with Gasteiger partial charge in [0.05, 0.1) is 7.94 Å². The molecule has 2 aromatic rings. The molecule has 24 heavy (non-hydrogen) atoms. The fourth-order valence-electron chi connectivity index (χ4n) is 2.82. The van der Waals surface area contributed by atoms with Crippen LogP contribution < -0.4 is 15.1 Å². The molecule has 1 aliphatic rings. The topological polar surface area (TPSA) is 116 Å². The molecule has 0 unspecified atom stereocenters. The van der Waals surface area contributed by atoms with Gasteiger partial charge in [-0.05, 0) is 11.1 Å². The molecule has 0 aliphatic carbocycles. The second kappa shape index (κ2) is 5.96. The van der Waals surface area contributed by atoms with Crippen LogP contribution in [0.3, 0.4) is 0 Å². The minimum Gasteiger partial charge on any atom is -0.658 e. The van der Waals surface area contributed by atoms with Crippen molar-refractivity contribution in [3.8, 4) is 0 Å². The molecule has 1 fully saturated rings. The minimum absolute atomic E-state index is 0.496. The predicted molar refractivity (Wildman–Crippen MR) is 83.0 cm³/mol. The fraction of sp³-hybridized carbons (Fsp3) is 0.125. The molecule has 1 aliphatic heterocycles. The van der Waals surface area contributed by atoms with Crippen molar-refractivity contribution in [1.29, 1.82) is 0 Å². The van der Waals surface area contributed by atoms with Crippen molar-refractivity contribution in [3.63, 3.8) is 0 Å². The molecule has 0 bridgehead atoms. The Bertz CT molecular complexity index is 722. The number of nitrogens with one attached hydrogen (secondary N) is 1. The average molecular weight is 345 g/mol. The molecule has 0 radical (unpaired) electrons. The monoisotopic (exact) mass is 345 g/mol. The second-order valence-corrected chi connectivity index (χ2v) is 6.98. The number of benzene rings is 2. The number of hydrogen-bond acceptors (Lipinski definition) is 5. The predicted octanol–water partition coefficient (Wildman–Crippen LogP) is -0.0850. The van der Waals surface area contributed by atoms with Crippen molar-refractivity contribution < 1.29 is 24.3 Å². The normalized spacial score (nSPS) is 17.0. The maximum absolute atomic E-state index is 13.0. The quantitative estimate of drug-likeness (QED) is 0.594. The van der Waals surface area contributed by atoms with E-state index in [9.17, 15) is 19.4 Å². The van der Waals surface area contributed by atoms with Crippen LogP contribution in [-0.2, 0) is 10.3 Å². The molecule has 2 N–H and O–H groups in total. The molecular weight excluding hydrogens is 331 g/mol. The molecule has 1 saturated heterocycles. The Kier molecular flexibility index (Phi) is 4.11. The number of carbonyl (C=O) groups excluding carboxylic acids is 2. The summed E-state index contributed by atoms with van der Waals surface area (Å²) < 4.78 is 0. The van der Waals surface area contributed by atoms with E-state index in [-0.39, 0.29) is 0 Å². The van der Waals surface area contributed by atoms with E-state index in [2.05, 4.69) is 5.32 Å². The molecule has 3 amide bonds. The summed E-state index contributed by atoms with van der Waals surface area (Å²) in [6.45, 7) is 0. The number of imide groups is 1. The van der Waals surface area contributed by atoms with Gasteiger partial charge in [0.1, 0.15) is 0 Å². The lowest BCUT2D eigenvalue weighted by atomic mass is 9.83. The van der Waals surface area contributed by atoms with E-state index < -0.39 is 31.7 Å². The zero-order valence-corrected chi connectivity index (χ0v) is 13.3. The van der Waals surface area contributed by atoms with Gasteiger partial charge in [0.25, 0.3) is 5.91 Å². The van der Waals surface area contributed by atoms with Gasteiger partial charge in [-0.2, -0.15) is 0 Å². The Morgan fingerprint density at radius 2 is 1.42 bits per heavy atom. The first-order chi connectivity index (χ1) is 11.3. The van der Waals surface area contributed by atoms with Crippen molar-refractivity contribution in [2.75, 3.05) is 6.29 Å². The number of urea groups is 1. The molecule has 0 aromatic heterocycles. The van der Waals surface area contributed by atoms with E-state index in [0.717, 1.165) is 0 Å². The van der Waals surface area contributed by atoms with Crippen molar-refractivity contribution >= 4 is 19.9 Å². The Morgan fingerprint density at radius 3 is 1.83 bits per heavy atom. The molecule has 0 atom stereocenters. The van der Waals surface area contributed by atoms with E-state index in [1.54, 1.807) is 60.7 Å². The van der Waals surface area contributed by atoms with Gasteiger partial charge in [0.2, 0.25) is 0 Å². The average Bonchev–Trinajstić information content (AvgIpc) is 2.81. The summed E-state index contributed by atoms with van der Waals surface area (Å²) in [5.74, 6) is -0.755. The van der Waals surface area contributed by atoms with Gasteiger partial charge < -0.3 is 15.1 Å². The first-order valence-electron chi connectivity index (χ1n) is 7.12. The third-order valence-electron chi connectivity index (χ3n) is 3.84. The van der Waals surface area contributed by atoms with Crippen molar-refractivity contribution in [1.82, 2.24) is 10.2 Å². The highest BCUT2D eigenvalue weighted by atomic mass is 31.2. The van der Waals surface area contributed by atoms with E-state index in [0.29, 0.717) is 16.0 Å². The zero-order valence-electron chi connectivity index (χ0n) is 12.5. The number of rotatable bonds is 4. The highest BCUT2D eigenvalue weighted by Gasteiger charge is 2.54. The van der Waals surface area contributed by atoms with Crippen molar-refractivity contribution in [3.05, 3.63) is 71.8 Å². The van der Waals surface area contributed by atoms with Gasteiger partial charge in [-0.3, -0.25) is 9.69 Å². The van der Waals surface area contributed by atoms with Gasteiger partial charge in [-0.1, -0.05) is 60.7 Å². The van der Waals surface area contributed by atoms with Crippen LogP contribution in [0, 0.1) is 0 Å². The summed E-state index contributed by atoms with van der Waals surface area (Å²) in [6.07, 6.45) is -1.07. The van der Waals surface area contributed by atoms with Crippen LogP contribution in [0.4, 0.5) is 4.79 Å². The lowest BCUT2D eigenvalue weighted by Crippen LogP contribution is -2.45. The lowest BCUT2D eigenvalue weighted by Gasteiger charge is -2.31. The Hall–Kier alpha value is -2.31. The standard InChI is InChI=1S/C16H15N2O5P/c19-14-16(12-7-3-1-4-8-12,13-9-5-2-6-10-13)17-15(20)18(14)11-24(21,22)23/h1-10H,11H2,(H,17,20)(H2,21,22,23)/p-1. The molecule has 1 heterocycles. The highest BCUT2D eigenvalue weighted by Crippen LogP contribution is 2.41. The zero-order chi connectivity index (χ0) is 17.4. The number of hydrogen-bond donors (Lipinski definition) is 2. The van der Waals surface area contributed by atoms with Crippen LogP contribution in [0.2, 0.25) is 0 Å². The van der Waals surface area contributed by atoms with Crippen LogP contribution in [0.1, 0.15) is 11.1 Å². The van der Waals surface area contributed by atoms with Gasteiger partial charge in [-0.15, -0.1) is 0 Å². The maximum Gasteiger partial charge on any atom is 0.328 e. The third-order valence-corrected chi connectivity index (χ3v) is 4.48. The molecule has 124 valence electrons. The lowest BCUT2D eigenvalue weighted by molar-refractivity contribution is -0.333. The number of amides is 3. The van der Waals surface area contributed by atoms with Crippen LogP contribution >= 0.6 is 7.94 Å². The number of nitrogens with zero attached hydrogens (tertiary/aromatic N) is 1. The van der Waals surface area contributed by atoms with E-state index >= 15 is 0 Å². The van der Waals surface area contributed by atoms with Crippen LogP contribution in [0.5, 0.6) is 0 Å². The Balaban J connectivity index is 2.14. The fourth-order valence-corrected chi connectivity index (χ4v) is 3.43. The van der Waals surface area contributed by atoms with E-state index in [1.165, 1.54) is 0 Å². The van der Waals surface area contributed by atoms with Gasteiger partial charge in [0, 0.05) is 0 Å². The van der Waals surface area contributed by atoms with Gasteiger partial charge in [-0.25, -0.2) is 9.69 Å². The van der Waals surface area contributed by atoms with Crippen LogP contribution in [0.25, 0.3) is 0 Å². The maximum atomic E-state index is 13.0. The minimum atomic E-state index is -4.83. The summed E-state index contributed by atoms with van der Waals surface area (Å²) >= 11 is 0. The molecule has 0 saturated carbocycles. The molecule has 0 spiro atoms. The Morgan fingerprint density at radius 1 is 0.958 bits per heavy atom. The summed E-state index contributed by atoms with van der Waals surface area (Å²) in [5, 5.41) is 2.59. The highest BCUT2D eigenvalue weighted by molar-refractivity contribution is 7.55. The first kappa shape index (κ1) is 16.5. The largest absolute Gasteiger partial charge is 0.658 e. The summed E-state index contributed by atoms with van der Waals surface area (Å²) in [6, 6.07) is 16.2. The molecule has 2 aromatic carbocycles. The summed E-state index contributed by atoms with van der Waals surface area (Å²) in [4.78, 5) is 57.1. The Labute approximate surface area is 138 Å². The van der Waals surface area contributed by atoms with Crippen molar-refractivity contribution in [2.24, 2.45) is 0 Å². The molecule has 3 rings (SSSR count). The van der Waals surface area contributed by atoms with Gasteiger partial charge in [0.15, 0.2) is 11.8 Å². The SMILES string of the molecule is O=C1NC(c2ccccc2)(c2ccccc2)C(=O)N1C[P+]([O-])([O-])O. The molecular formula is C16H14N2O5P-.